The molecule has 3 aromatic rings. The van der Waals surface area contributed by atoms with Crippen molar-refractivity contribution in [2.75, 3.05) is 11.1 Å². The van der Waals surface area contributed by atoms with Gasteiger partial charge in [0.1, 0.15) is 5.01 Å². The number of carbonyl (C=O) groups is 1. The number of rotatable bonds is 6. The van der Waals surface area contributed by atoms with Crippen LogP contribution in [0.1, 0.15) is 41.6 Å². The molecule has 0 saturated carbocycles. The molecule has 1 N–H and O–H groups in total. The highest BCUT2D eigenvalue weighted by atomic mass is 32.2. The summed E-state index contributed by atoms with van der Waals surface area (Å²) in [5.74, 6) is 0.990. The van der Waals surface area contributed by atoms with Crippen LogP contribution in [-0.4, -0.2) is 26.3 Å². The third kappa shape index (κ3) is 4.56. The molecule has 8 heteroatoms. The monoisotopic (exact) mass is 402 g/mol. The van der Waals surface area contributed by atoms with E-state index in [-0.39, 0.29) is 17.4 Å². The summed E-state index contributed by atoms with van der Waals surface area (Å²) in [5, 5.41) is 8.14. The molecule has 0 aliphatic carbocycles. The van der Waals surface area contributed by atoms with E-state index < -0.39 is 0 Å². The molecule has 0 saturated heterocycles. The van der Waals surface area contributed by atoms with Gasteiger partial charge in [0.05, 0.1) is 11.4 Å². The van der Waals surface area contributed by atoms with Crippen molar-refractivity contribution in [3.05, 3.63) is 56.4 Å². The zero-order valence-electron chi connectivity index (χ0n) is 15.8. The molecule has 0 radical (unpaired) electrons. The Morgan fingerprint density at radius 3 is 2.85 bits per heavy atom. The summed E-state index contributed by atoms with van der Waals surface area (Å²) in [6.07, 6.45) is 0. The van der Waals surface area contributed by atoms with Gasteiger partial charge in [0.15, 0.2) is 0 Å². The third-order valence-corrected chi connectivity index (χ3v) is 6.34. The van der Waals surface area contributed by atoms with Gasteiger partial charge in [0.25, 0.3) is 5.56 Å². The summed E-state index contributed by atoms with van der Waals surface area (Å²) < 4.78 is 1.35. The summed E-state index contributed by atoms with van der Waals surface area (Å²) in [5.41, 5.74) is 3.54. The number of nitrogens with zero attached hydrogens (tertiary/aromatic N) is 3. The van der Waals surface area contributed by atoms with Crippen LogP contribution in [0.25, 0.3) is 4.96 Å². The lowest BCUT2D eigenvalue weighted by molar-refractivity contribution is -0.113. The Morgan fingerprint density at radius 1 is 1.33 bits per heavy atom. The highest BCUT2D eigenvalue weighted by Crippen LogP contribution is 2.21. The van der Waals surface area contributed by atoms with Crippen LogP contribution < -0.4 is 10.9 Å². The van der Waals surface area contributed by atoms with Crippen LogP contribution >= 0.6 is 23.1 Å². The molecular formula is C19H22N4O2S2. The van der Waals surface area contributed by atoms with Gasteiger partial charge in [-0.25, -0.2) is 4.98 Å². The van der Waals surface area contributed by atoms with Gasteiger partial charge in [-0.2, -0.15) is 9.61 Å². The van der Waals surface area contributed by atoms with E-state index in [0.717, 1.165) is 21.8 Å². The van der Waals surface area contributed by atoms with E-state index in [2.05, 4.69) is 15.4 Å². The Morgan fingerprint density at radius 2 is 2.11 bits per heavy atom. The van der Waals surface area contributed by atoms with Crippen molar-refractivity contribution in [3.8, 4) is 0 Å². The summed E-state index contributed by atoms with van der Waals surface area (Å²) in [4.78, 5) is 29.5. The Labute approximate surface area is 166 Å². The molecule has 0 fully saturated rings. The standard InChI is InChI=1S/C19H22N4O2S2/c1-11(2)18-22-23-17(25)8-14(20-19(23)27-18)9-26-10-16(24)21-15-7-5-6-12(3)13(15)4/h5-8,11H,9-10H2,1-4H3,(H,21,24). The molecule has 0 unspecified atom stereocenters. The Balaban J connectivity index is 1.62. The van der Waals surface area contributed by atoms with Crippen molar-refractivity contribution in [3.63, 3.8) is 0 Å². The maximum absolute atomic E-state index is 12.2. The quantitative estimate of drug-likeness (QED) is 0.679. The van der Waals surface area contributed by atoms with Crippen molar-refractivity contribution < 1.29 is 4.79 Å². The number of anilines is 1. The second-order valence-electron chi connectivity index (χ2n) is 6.66. The Kier molecular flexibility index (Phi) is 5.96. The van der Waals surface area contributed by atoms with Crippen LogP contribution in [-0.2, 0) is 10.5 Å². The fourth-order valence-corrected chi connectivity index (χ4v) is 4.14. The Bertz CT molecular complexity index is 1040. The van der Waals surface area contributed by atoms with Crippen molar-refractivity contribution in [2.45, 2.75) is 39.4 Å². The number of nitrogens with one attached hydrogen (secondary N) is 1. The first-order chi connectivity index (χ1) is 12.8. The molecular weight excluding hydrogens is 380 g/mol. The molecule has 0 spiro atoms. The van der Waals surface area contributed by atoms with Gasteiger partial charge in [0.2, 0.25) is 10.9 Å². The molecule has 2 aromatic heterocycles. The van der Waals surface area contributed by atoms with Gasteiger partial charge >= 0.3 is 0 Å². The zero-order valence-corrected chi connectivity index (χ0v) is 17.4. The van der Waals surface area contributed by atoms with Gasteiger partial charge in [0, 0.05) is 23.4 Å². The first kappa shape index (κ1) is 19.6. The molecule has 0 aliphatic rings. The van der Waals surface area contributed by atoms with E-state index in [0.29, 0.717) is 22.2 Å². The number of fused-ring (bicyclic) bond motifs is 1. The minimum absolute atomic E-state index is 0.0635. The summed E-state index contributed by atoms with van der Waals surface area (Å²) in [6.45, 7) is 8.08. The van der Waals surface area contributed by atoms with Crippen molar-refractivity contribution in [2.24, 2.45) is 0 Å². The van der Waals surface area contributed by atoms with Gasteiger partial charge in [-0.1, -0.05) is 37.3 Å². The topological polar surface area (TPSA) is 76.4 Å². The molecule has 27 heavy (non-hydrogen) atoms. The predicted octanol–water partition coefficient (Wildman–Crippen LogP) is 3.76. The smallest absolute Gasteiger partial charge is 0.275 e. The highest BCUT2D eigenvalue weighted by molar-refractivity contribution is 7.99. The van der Waals surface area contributed by atoms with Crippen LogP contribution in [0.2, 0.25) is 0 Å². The van der Waals surface area contributed by atoms with E-state index in [9.17, 15) is 9.59 Å². The lowest BCUT2D eigenvalue weighted by Crippen LogP contribution is -2.17. The van der Waals surface area contributed by atoms with Crippen LogP contribution in [0.3, 0.4) is 0 Å². The molecule has 142 valence electrons. The number of hydrogen-bond acceptors (Lipinski definition) is 6. The third-order valence-electron chi connectivity index (χ3n) is 4.17. The van der Waals surface area contributed by atoms with Gasteiger partial charge < -0.3 is 5.32 Å². The summed E-state index contributed by atoms with van der Waals surface area (Å²) >= 11 is 2.87. The predicted molar refractivity (Wildman–Crippen MR) is 112 cm³/mol. The van der Waals surface area contributed by atoms with E-state index in [4.69, 9.17) is 0 Å². The first-order valence-corrected chi connectivity index (χ1v) is 10.7. The summed E-state index contributed by atoms with van der Waals surface area (Å²) in [6, 6.07) is 7.34. The van der Waals surface area contributed by atoms with E-state index >= 15 is 0 Å². The van der Waals surface area contributed by atoms with Crippen LogP contribution in [0.15, 0.2) is 29.1 Å². The molecule has 3 rings (SSSR count). The van der Waals surface area contributed by atoms with E-state index in [1.165, 1.54) is 33.7 Å². The number of aromatic nitrogens is 3. The molecule has 0 bridgehead atoms. The Hall–Kier alpha value is -2.19. The lowest BCUT2D eigenvalue weighted by atomic mass is 10.1. The minimum Gasteiger partial charge on any atom is -0.325 e. The van der Waals surface area contributed by atoms with Crippen molar-refractivity contribution >= 4 is 39.7 Å². The number of amides is 1. The fraction of sp³-hybridized carbons (Fsp3) is 0.368. The maximum Gasteiger partial charge on any atom is 0.275 e. The van der Waals surface area contributed by atoms with Crippen LogP contribution in [0, 0.1) is 13.8 Å². The number of hydrogen-bond donors (Lipinski definition) is 1. The van der Waals surface area contributed by atoms with Crippen LogP contribution in [0.5, 0.6) is 0 Å². The molecule has 6 nitrogen and oxygen atoms in total. The van der Waals surface area contributed by atoms with Gasteiger partial charge in [-0.3, -0.25) is 9.59 Å². The number of benzene rings is 1. The zero-order chi connectivity index (χ0) is 19.6. The SMILES string of the molecule is Cc1cccc(NC(=O)CSCc2cc(=O)n3nc(C(C)C)sc3n2)c1C. The highest BCUT2D eigenvalue weighted by Gasteiger charge is 2.12. The van der Waals surface area contributed by atoms with Gasteiger partial charge in [-0.15, -0.1) is 11.8 Å². The molecule has 2 heterocycles. The van der Waals surface area contributed by atoms with Crippen molar-refractivity contribution in [1.29, 1.82) is 0 Å². The summed E-state index contributed by atoms with van der Waals surface area (Å²) in [7, 11) is 0. The fourth-order valence-electron chi connectivity index (χ4n) is 2.50. The number of aryl methyl sites for hydroxylation is 1. The maximum atomic E-state index is 12.2. The largest absolute Gasteiger partial charge is 0.325 e. The molecule has 1 amide bonds. The number of thioether (sulfide) groups is 1. The lowest BCUT2D eigenvalue weighted by Gasteiger charge is -2.10. The average Bonchev–Trinajstić information content (AvgIpc) is 3.04. The number of carbonyl (C=O) groups excluding carboxylic acids is 1. The average molecular weight is 403 g/mol. The minimum atomic E-state index is -0.182. The normalized spacial score (nSPS) is 11.3. The van der Waals surface area contributed by atoms with E-state index in [1.807, 2.05) is 45.9 Å². The molecule has 0 atom stereocenters. The second kappa shape index (κ2) is 8.22. The van der Waals surface area contributed by atoms with Crippen molar-refractivity contribution in [1.82, 2.24) is 14.6 Å². The first-order valence-electron chi connectivity index (χ1n) is 8.68. The van der Waals surface area contributed by atoms with E-state index in [1.54, 1.807) is 0 Å². The van der Waals surface area contributed by atoms with Crippen LogP contribution in [0.4, 0.5) is 5.69 Å². The second-order valence-corrected chi connectivity index (χ2v) is 8.64. The molecule has 0 aliphatic heterocycles. The molecule has 1 aromatic carbocycles. The van der Waals surface area contributed by atoms with Gasteiger partial charge in [-0.05, 0) is 31.0 Å².